The average molecular weight is 130 g/mol. The van der Waals surface area contributed by atoms with E-state index in [0.29, 0.717) is 0 Å². The zero-order valence-corrected chi connectivity index (χ0v) is 4.92. The number of rotatable bonds is 1. The molecule has 1 rings (SSSR count). The summed E-state index contributed by atoms with van der Waals surface area (Å²) >= 11 is 0. The lowest BCUT2D eigenvalue weighted by Gasteiger charge is -2.22. The lowest BCUT2D eigenvalue weighted by molar-refractivity contribution is -0.184. The number of esters is 2. The Kier molecular flexibility index (Phi) is 1.38. The molecule has 0 amide bonds. The first-order valence-electron chi connectivity index (χ1n) is 2.51. The minimum atomic E-state index is -0.637. The molecule has 9 heavy (non-hydrogen) atoms. The van der Waals surface area contributed by atoms with Crippen molar-refractivity contribution in [3.63, 3.8) is 0 Å². The van der Waals surface area contributed by atoms with Gasteiger partial charge < -0.3 is 9.47 Å². The molecule has 1 heterocycles. The smallest absolute Gasteiger partial charge is 0.347 e. The third kappa shape index (κ3) is 1.01. The summed E-state index contributed by atoms with van der Waals surface area (Å²) in [5.41, 5.74) is 0. The van der Waals surface area contributed by atoms with Gasteiger partial charge >= 0.3 is 11.9 Å². The summed E-state index contributed by atoms with van der Waals surface area (Å²) in [7, 11) is 1.26. The van der Waals surface area contributed by atoms with E-state index in [-0.39, 0.29) is 12.4 Å². The Morgan fingerprint density at radius 1 is 1.89 bits per heavy atom. The van der Waals surface area contributed by atoms with Crippen LogP contribution in [0.1, 0.15) is 6.42 Å². The van der Waals surface area contributed by atoms with E-state index in [1.54, 1.807) is 0 Å². The summed E-state index contributed by atoms with van der Waals surface area (Å²) in [6.07, 6.45) is -0.477. The molecule has 1 fully saturated rings. The Hall–Kier alpha value is -1.06. The van der Waals surface area contributed by atoms with Crippen molar-refractivity contribution in [2.24, 2.45) is 0 Å². The molecule has 4 heteroatoms. The Bertz CT molecular complexity index is 143. The van der Waals surface area contributed by atoms with Crippen LogP contribution in [0.4, 0.5) is 0 Å². The molecule has 0 aliphatic carbocycles. The van der Waals surface area contributed by atoms with Gasteiger partial charge in [-0.1, -0.05) is 0 Å². The van der Waals surface area contributed by atoms with E-state index >= 15 is 0 Å². The van der Waals surface area contributed by atoms with E-state index in [2.05, 4.69) is 9.47 Å². The average Bonchev–Trinajstić information content (AvgIpc) is 1.79. The molecule has 0 N–H and O–H groups in total. The first kappa shape index (κ1) is 6.07. The van der Waals surface area contributed by atoms with Crippen LogP contribution in [0.5, 0.6) is 0 Å². The SMILES string of the molecule is COC(=O)C1CC(=O)O1. The molecule has 0 aromatic carbocycles. The van der Waals surface area contributed by atoms with Crippen LogP contribution in [-0.4, -0.2) is 25.2 Å². The number of ether oxygens (including phenoxy) is 2. The van der Waals surface area contributed by atoms with Crippen LogP contribution in [-0.2, 0) is 19.1 Å². The second kappa shape index (κ2) is 2.05. The lowest BCUT2D eigenvalue weighted by atomic mass is 10.2. The van der Waals surface area contributed by atoms with Crippen LogP contribution in [0.15, 0.2) is 0 Å². The molecule has 1 atom stereocenters. The Morgan fingerprint density at radius 2 is 2.44 bits per heavy atom. The molecule has 1 aliphatic heterocycles. The molecule has 0 spiro atoms. The first-order chi connectivity index (χ1) is 4.24. The van der Waals surface area contributed by atoms with Gasteiger partial charge in [0.05, 0.1) is 13.5 Å². The lowest BCUT2D eigenvalue weighted by Crippen LogP contribution is -2.39. The summed E-state index contributed by atoms with van der Waals surface area (Å²) in [5.74, 6) is -0.819. The van der Waals surface area contributed by atoms with Crippen molar-refractivity contribution in [1.82, 2.24) is 0 Å². The molecule has 0 radical (unpaired) electrons. The fourth-order valence-electron chi connectivity index (χ4n) is 0.563. The Balaban J connectivity index is 2.31. The fraction of sp³-hybridized carbons (Fsp3) is 0.600. The van der Waals surface area contributed by atoms with Crippen LogP contribution in [0.2, 0.25) is 0 Å². The van der Waals surface area contributed by atoms with Crippen molar-refractivity contribution in [1.29, 1.82) is 0 Å². The van der Waals surface area contributed by atoms with Crippen LogP contribution in [0, 0.1) is 0 Å². The third-order valence-electron chi connectivity index (χ3n) is 1.09. The molecule has 0 aromatic heterocycles. The van der Waals surface area contributed by atoms with Crippen molar-refractivity contribution >= 4 is 11.9 Å². The van der Waals surface area contributed by atoms with E-state index in [1.165, 1.54) is 7.11 Å². The van der Waals surface area contributed by atoms with Gasteiger partial charge in [-0.3, -0.25) is 4.79 Å². The van der Waals surface area contributed by atoms with E-state index in [4.69, 9.17) is 0 Å². The van der Waals surface area contributed by atoms with Gasteiger partial charge in [0.25, 0.3) is 0 Å². The second-order valence-electron chi connectivity index (χ2n) is 1.71. The van der Waals surface area contributed by atoms with Crippen LogP contribution < -0.4 is 0 Å². The minimum Gasteiger partial charge on any atom is -0.466 e. The van der Waals surface area contributed by atoms with Gasteiger partial charge in [0.15, 0.2) is 0 Å². The highest BCUT2D eigenvalue weighted by Gasteiger charge is 2.35. The molecular weight excluding hydrogens is 124 g/mol. The molecule has 50 valence electrons. The molecule has 1 saturated heterocycles. The van der Waals surface area contributed by atoms with Crippen LogP contribution in [0.3, 0.4) is 0 Å². The van der Waals surface area contributed by atoms with Gasteiger partial charge in [-0.25, -0.2) is 4.79 Å². The highest BCUT2D eigenvalue weighted by atomic mass is 16.6. The van der Waals surface area contributed by atoms with Crippen molar-refractivity contribution in [2.75, 3.05) is 7.11 Å². The topological polar surface area (TPSA) is 52.6 Å². The highest BCUT2D eigenvalue weighted by molar-refractivity contribution is 5.89. The fourth-order valence-corrected chi connectivity index (χ4v) is 0.563. The molecule has 4 nitrogen and oxygen atoms in total. The van der Waals surface area contributed by atoms with Gasteiger partial charge in [0.2, 0.25) is 6.10 Å². The van der Waals surface area contributed by atoms with Gasteiger partial charge in [0, 0.05) is 0 Å². The standard InChI is InChI=1S/C5H6O4/c1-8-5(7)3-2-4(6)9-3/h3H,2H2,1H3. The van der Waals surface area contributed by atoms with E-state index in [1.807, 2.05) is 0 Å². The van der Waals surface area contributed by atoms with Crippen LogP contribution >= 0.6 is 0 Å². The summed E-state index contributed by atoms with van der Waals surface area (Å²) in [6, 6.07) is 0. The maximum atomic E-state index is 10.4. The molecular formula is C5H6O4. The van der Waals surface area contributed by atoms with Crippen molar-refractivity contribution in [3.05, 3.63) is 0 Å². The van der Waals surface area contributed by atoms with Crippen molar-refractivity contribution in [2.45, 2.75) is 12.5 Å². The van der Waals surface area contributed by atoms with E-state index in [0.717, 1.165) is 0 Å². The van der Waals surface area contributed by atoms with Gasteiger partial charge in [-0.15, -0.1) is 0 Å². The summed E-state index contributed by atoms with van der Waals surface area (Å²) in [4.78, 5) is 20.5. The molecule has 1 aliphatic rings. The number of carbonyl (C=O) groups excluding carboxylic acids is 2. The normalized spacial score (nSPS) is 24.1. The predicted molar refractivity (Wildman–Crippen MR) is 26.5 cm³/mol. The zero-order valence-electron chi connectivity index (χ0n) is 4.92. The maximum absolute atomic E-state index is 10.4. The maximum Gasteiger partial charge on any atom is 0.347 e. The van der Waals surface area contributed by atoms with Gasteiger partial charge in [-0.05, 0) is 0 Å². The largest absolute Gasteiger partial charge is 0.466 e. The van der Waals surface area contributed by atoms with E-state index < -0.39 is 12.1 Å². The summed E-state index contributed by atoms with van der Waals surface area (Å²) in [5, 5.41) is 0. The number of carbonyl (C=O) groups is 2. The number of hydrogen-bond acceptors (Lipinski definition) is 4. The van der Waals surface area contributed by atoms with Crippen molar-refractivity contribution in [3.8, 4) is 0 Å². The van der Waals surface area contributed by atoms with E-state index in [9.17, 15) is 9.59 Å². The number of cyclic esters (lactones) is 1. The quantitative estimate of drug-likeness (QED) is 0.448. The van der Waals surface area contributed by atoms with Crippen molar-refractivity contribution < 1.29 is 19.1 Å². The van der Waals surface area contributed by atoms with Crippen LogP contribution in [0.25, 0.3) is 0 Å². The molecule has 0 aromatic rings. The number of methoxy groups -OCH3 is 1. The summed E-state index contributed by atoms with van der Waals surface area (Å²) in [6.45, 7) is 0. The Morgan fingerprint density at radius 3 is 2.78 bits per heavy atom. The zero-order chi connectivity index (χ0) is 6.85. The number of hydrogen-bond donors (Lipinski definition) is 0. The predicted octanol–water partition coefficient (Wildman–Crippen LogP) is -0.525. The summed E-state index contributed by atoms with van der Waals surface area (Å²) < 4.78 is 8.66. The molecule has 1 unspecified atom stereocenters. The Labute approximate surface area is 51.7 Å². The minimum absolute atomic E-state index is 0.159. The molecule has 0 bridgehead atoms. The monoisotopic (exact) mass is 130 g/mol. The third-order valence-corrected chi connectivity index (χ3v) is 1.09. The second-order valence-corrected chi connectivity index (χ2v) is 1.71. The van der Waals surface area contributed by atoms with Gasteiger partial charge in [-0.2, -0.15) is 0 Å². The first-order valence-corrected chi connectivity index (χ1v) is 2.51. The molecule has 0 saturated carbocycles. The van der Waals surface area contributed by atoms with Gasteiger partial charge in [0.1, 0.15) is 0 Å². The highest BCUT2D eigenvalue weighted by Crippen LogP contribution is 2.13.